The third-order valence-electron chi connectivity index (χ3n) is 11.7. The van der Waals surface area contributed by atoms with Gasteiger partial charge in [-0.2, -0.15) is 0 Å². The Morgan fingerprint density at radius 3 is 1.59 bits per heavy atom. The van der Waals surface area contributed by atoms with Crippen molar-refractivity contribution in [3.8, 4) is 0 Å². The molecule has 348 valence electrons. The Balaban J connectivity index is 0.000000158. The summed E-state index contributed by atoms with van der Waals surface area (Å²) < 4.78 is 3.84. The fourth-order valence-corrected chi connectivity index (χ4v) is 8.68. The van der Waals surface area contributed by atoms with Gasteiger partial charge in [0.2, 0.25) is 0 Å². The average molecular weight is 960 g/mol. The topological polar surface area (TPSA) is 232 Å². The van der Waals surface area contributed by atoms with E-state index in [2.05, 4.69) is 41.3 Å². The molecule has 8 N–H and O–H groups in total. The summed E-state index contributed by atoms with van der Waals surface area (Å²) in [5.74, 6) is -0.0775. The maximum absolute atomic E-state index is 13.2. The summed E-state index contributed by atoms with van der Waals surface area (Å²) in [5, 5.41) is 16.9. The zero-order chi connectivity index (χ0) is 48.9. The fourth-order valence-electron chi connectivity index (χ4n) is 8.35. The smallest absolute Gasteiger partial charge is 0.337 e. The zero-order valence-electron chi connectivity index (χ0n) is 38.2. The number of carbonyl (C=O) groups is 2. The number of halogens is 2. The van der Waals surface area contributed by atoms with Crippen molar-refractivity contribution in [2.24, 2.45) is 5.73 Å². The van der Waals surface area contributed by atoms with Gasteiger partial charge in [0.05, 0.1) is 32.2 Å². The SMILES string of the molecule is Cc1cc(N)nc(C)c1CN.Cc1cc(N)nc(C)c1CNC(=O)c1cn(Cc2ccc3ncc(Cl)cc3c2)c2ncccc12.O=C(O)c1cn(Cc2ccc3ncc(Cl)cc3c2)c2ncccc12. The Labute approximate surface area is 407 Å². The lowest BCUT2D eigenvalue weighted by atomic mass is 10.1. The molecule has 0 fully saturated rings. The summed E-state index contributed by atoms with van der Waals surface area (Å²) in [7, 11) is 0. The summed E-state index contributed by atoms with van der Waals surface area (Å²) in [6, 6.07) is 26.6. The van der Waals surface area contributed by atoms with Gasteiger partial charge in [0.15, 0.2) is 0 Å². The number of benzene rings is 2. The predicted molar refractivity (Wildman–Crippen MR) is 273 cm³/mol. The van der Waals surface area contributed by atoms with E-state index < -0.39 is 5.97 Å². The number of carboxylic acid groups (broad SMARTS) is 1. The van der Waals surface area contributed by atoms with Crippen LogP contribution in [0.25, 0.3) is 43.9 Å². The maximum atomic E-state index is 13.2. The van der Waals surface area contributed by atoms with E-state index in [0.29, 0.717) is 64.5 Å². The second-order valence-electron chi connectivity index (χ2n) is 16.5. The molecule has 0 saturated heterocycles. The highest BCUT2D eigenvalue weighted by Gasteiger charge is 2.18. The van der Waals surface area contributed by atoms with Crippen LogP contribution in [-0.4, -0.2) is 56.0 Å². The lowest BCUT2D eigenvalue weighted by Gasteiger charge is -2.11. The van der Waals surface area contributed by atoms with Crippen molar-refractivity contribution >= 4 is 90.6 Å². The van der Waals surface area contributed by atoms with Crippen molar-refractivity contribution in [3.63, 3.8) is 0 Å². The Morgan fingerprint density at radius 2 is 1.12 bits per heavy atom. The summed E-state index contributed by atoms with van der Waals surface area (Å²) in [6.45, 7) is 9.76. The van der Waals surface area contributed by atoms with Gasteiger partial charge in [0.1, 0.15) is 22.9 Å². The molecule has 15 nitrogen and oxygen atoms in total. The van der Waals surface area contributed by atoms with Gasteiger partial charge in [-0.1, -0.05) is 35.3 Å². The number of carboxylic acids is 1. The number of anilines is 2. The number of aromatic nitrogens is 8. The van der Waals surface area contributed by atoms with E-state index in [1.165, 1.54) is 0 Å². The Bertz CT molecular complexity index is 3530. The number of pyridine rings is 6. The summed E-state index contributed by atoms with van der Waals surface area (Å²) >= 11 is 12.1. The van der Waals surface area contributed by atoms with Gasteiger partial charge >= 0.3 is 5.97 Å². The number of rotatable bonds is 9. The number of hydrogen-bond acceptors (Lipinski definition) is 11. The fraction of sp³-hybridized carbons (Fsp3) is 0.154. The standard InChI is InChI=1S/C26H23ClN6O.C18H12ClN3O2.C8H13N3/c1-15-8-24(28)32-16(2)21(15)12-31-26(34)22-14-33(25-20(22)4-3-7-29-25)13-17-5-6-23-18(9-17)10-19(27)11-30-23;19-13-7-12-6-11(3-4-16(12)21-8-13)9-22-10-15(18(23)24)14-2-1-5-20-17(14)22;1-5-3-8(10)11-6(2)7(5)4-9/h3-11,14H,12-13H2,1-2H3,(H2,28,32)(H,31,34);1-8,10H,9H2,(H,23,24);3H,4,9H2,1-2H3,(H2,10,11). The normalized spacial score (nSPS) is 11.1. The number of aryl methyl sites for hydroxylation is 4. The minimum atomic E-state index is -0.957. The van der Waals surface area contributed by atoms with Crippen LogP contribution in [0.4, 0.5) is 11.6 Å². The van der Waals surface area contributed by atoms with E-state index in [1.54, 1.807) is 43.1 Å². The average Bonchev–Trinajstić information content (AvgIpc) is 3.87. The predicted octanol–water partition coefficient (Wildman–Crippen LogP) is 9.53. The number of hydrogen-bond donors (Lipinski definition) is 5. The van der Waals surface area contributed by atoms with Crippen LogP contribution in [0.1, 0.15) is 65.5 Å². The highest BCUT2D eigenvalue weighted by molar-refractivity contribution is 6.31. The van der Waals surface area contributed by atoms with E-state index in [0.717, 1.165) is 77.6 Å². The lowest BCUT2D eigenvalue weighted by molar-refractivity contribution is 0.0698. The van der Waals surface area contributed by atoms with Gasteiger partial charge in [-0.05, 0) is 134 Å². The Kier molecular flexibility index (Phi) is 14.1. The molecule has 0 atom stereocenters. The molecule has 0 aliphatic carbocycles. The van der Waals surface area contributed by atoms with Crippen LogP contribution >= 0.6 is 23.2 Å². The number of nitrogens with one attached hydrogen (secondary N) is 1. The second kappa shape index (κ2) is 20.5. The summed E-state index contributed by atoms with van der Waals surface area (Å²) in [4.78, 5) is 50.5. The summed E-state index contributed by atoms with van der Waals surface area (Å²) in [5.41, 5.74) is 28.9. The molecule has 8 aromatic heterocycles. The Morgan fingerprint density at radius 1 is 0.638 bits per heavy atom. The quantitative estimate of drug-likeness (QED) is 0.0910. The van der Waals surface area contributed by atoms with Crippen molar-refractivity contribution < 1.29 is 14.7 Å². The molecule has 0 unspecified atom stereocenters. The monoisotopic (exact) mass is 958 g/mol. The van der Waals surface area contributed by atoms with Crippen LogP contribution in [0.2, 0.25) is 10.0 Å². The number of nitrogen functional groups attached to an aromatic ring is 2. The molecule has 0 aliphatic rings. The number of fused-ring (bicyclic) bond motifs is 4. The number of aromatic carboxylic acids is 1. The van der Waals surface area contributed by atoms with Gasteiger partial charge in [0.25, 0.3) is 5.91 Å². The highest BCUT2D eigenvalue weighted by atomic mass is 35.5. The molecule has 10 rings (SSSR count). The lowest BCUT2D eigenvalue weighted by Crippen LogP contribution is -2.24. The molecule has 69 heavy (non-hydrogen) atoms. The molecule has 0 radical (unpaired) electrons. The van der Waals surface area contributed by atoms with E-state index in [1.807, 2.05) is 110 Å². The second-order valence-corrected chi connectivity index (χ2v) is 17.4. The van der Waals surface area contributed by atoms with Gasteiger partial charge in [0, 0.05) is 96.3 Å². The molecule has 0 spiro atoms. The van der Waals surface area contributed by atoms with Crippen LogP contribution in [-0.2, 0) is 26.2 Å². The van der Waals surface area contributed by atoms with Crippen LogP contribution in [0.15, 0.2) is 122 Å². The molecule has 1 amide bonds. The van der Waals surface area contributed by atoms with Crippen LogP contribution in [0.5, 0.6) is 0 Å². The minimum absolute atomic E-state index is 0.165. The van der Waals surface area contributed by atoms with Crippen molar-refractivity contribution in [2.75, 3.05) is 11.5 Å². The van der Waals surface area contributed by atoms with Crippen molar-refractivity contribution in [3.05, 3.63) is 188 Å². The third kappa shape index (κ3) is 10.8. The third-order valence-corrected chi connectivity index (χ3v) is 12.1. The van der Waals surface area contributed by atoms with Gasteiger partial charge in [-0.25, -0.2) is 24.7 Å². The molecule has 8 heterocycles. The van der Waals surface area contributed by atoms with Gasteiger partial charge in [-0.3, -0.25) is 14.8 Å². The van der Waals surface area contributed by atoms with Gasteiger partial charge < -0.3 is 36.8 Å². The molecular formula is C52H48Cl2N12O3. The number of nitrogens with two attached hydrogens (primary N) is 3. The van der Waals surface area contributed by atoms with E-state index >= 15 is 0 Å². The van der Waals surface area contributed by atoms with Crippen molar-refractivity contribution in [2.45, 2.75) is 53.9 Å². The molecule has 17 heteroatoms. The van der Waals surface area contributed by atoms with E-state index in [9.17, 15) is 14.7 Å². The minimum Gasteiger partial charge on any atom is -0.478 e. The van der Waals surface area contributed by atoms with Crippen LogP contribution in [0, 0.1) is 27.7 Å². The highest BCUT2D eigenvalue weighted by Crippen LogP contribution is 2.26. The maximum Gasteiger partial charge on any atom is 0.337 e. The number of carbonyl (C=O) groups excluding carboxylic acids is 1. The molecule has 2 aromatic carbocycles. The molecular weight excluding hydrogens is 912 g/mol. The number of nitrogens with zero attached hydrogens (tertiary/aromatic N) is 8. The van der Waals surface area contributed by atoms with Crippen LogP contribution in [0.3, 0.4) is 0 Å². The number of amides is 1. The van der Waals surface area contributed by atoms with Crippen molar-refractivity contribution in [1.29, 1.82) is 0 Å². The first-order chi connectivity index (χ1) is 33.1. The van der Waals surface area contributed by atoms with E-state index in [4.69, 9.17) is 40.4 Å². The molecule has 0 saturated carbocycles. The van der Waals surface area contributed by atoms with E-state index in [-0.39, 0.29) is 11.5 Å². The zero-order valence-corrected chi connectivity index (χ0v) is 39.7. The molecule has 0 bridgehead atoms. The first-order valence-corrected chi connectivity index (χ1v) is 22.5. The molecule has 10 aromatic rings. The first-order valence-electron chi connectivity index (χ1n) is 21.8. The van der Waals surface area contributed by atoms with Crippen molar-refractivity contribution in [1.82, 2.24) is 44.4 Å². The van der Waals surface area contributed by atoms with Gasteiger partial charge in [-0.15, -0.1) is 0 Å². The Hall–Kier alpha value is -7.98. The summed E-state index contributed by atoms with van der Waals surface area (Å²) in [6.07, 6.45) is 10.1. The molecule has 0 aliphatic heterocycles. The largest absolute Gasteiger partial charge is 0.478 e. The first kappa shape index (κ1) is 47.5. The van der Waals surface area contributed by atoms with Crippen LogP contribution < -0.4 is 22.5 Å².